The first-order valence-electron chi connectivity index (χ1n) is 6.42. The number of hydrogen-bond donors (Lipinski definition) is 1. The van der Waals surface area contributed by atoms with Crippen molar-refractivity contribution in [2.45, 2.75) is 31.6 Å². The number of rotatable bonds is 5. The molecule has 1 unspecified atom stereocenters. The highest BCUT2D eigenvalue weighted by Crippen LogP contribution is 2.45. The first-order chi connectivity index (χ1) is 10.1. The molecule has 2 rings (SSSR count). The standard InChI is InChI=1S/C13H13F6NO2/c1-20-11(7-2-3-7)9-5-4-8(21-12(14,15)16)6-10(9)22-13(17,18)19/h4-7,11,20H,2-3H2,1H3. The maximum Gasteiger partial charge on any atom is 0.573 e. The van der Waals surface area contributed by atoms with Crippen LogP contribution in [-0.4, -0.2) is 19.8 Å². The van der Waals surface area contributed by atoms with Gasteiger partial charge in [-0.1, -0.05) is 6.07 Å². The summed E-state index contributed by atoms with van der Waals surface area (Å²) in [6, 6.07) is 2.31. The predicted octanol–water partition coefficient (Wildman–Crippen LogP) is 4.15. The van der Waals surface area contributed by atoms with Crippen LogP contribution in [0.1, 0.15) is 24.4 Å². The van der Waals surface area contributed by atoms with Gasteiger partial charge in [0.15, 0.2) is 0 Å². The van der Waals surface area contributed by atoms with Crippen molar-refractivity contribution in [3.05, 3.63) is 23.8 Å². The van der Waals surface area contributed by atoms with Crippen molar-refractivity contribution < 1.29 is 35.8 Å². The minimum atomic E-state index is -5.01. The van der Waals surface area contributed by atoms with E-state index in [0.29, 0.717) is 6.07 Å². The van der Waals surface area contributed by atoms with Gasteiger partial charge in [0.05, 0.1) is 0 Å². The van der Waals surface area contributed by atoms with Gasteiger partial charge in [-0.15, -0.1) is 26.3 Å². The lowest BCUT2D eigenvalue weighted by atomic mass is 10.0. The third kappa shape index (κ3) is 4.69. The molecule has 0 heterocycles. The van der Waals surface area contributed by atoms with Gasteiger partial charge in [-0.05, 0) is 31.9 Å². The second kappa shape index (κ2) is 5.86. The average Bonchev–Trinajstić information content (AvgIpc) is 3.13. The highest BCUT2D eigenvalue weighted by Gasteiger charge is 2.38. The molecule has 0 amide bonds. The SMILES string of the molecule is CNC(c1ccc(OC(F)(F)F)cc1OC(F)(F)F)C1CC1. The highest BCUT2D eigenvalue weighted by molar-refractivity contribution is 5.43. The minimum absolute atomic E-state index is 0.134. The van der Waals surface area contributed by atoms with Crippen LogP contribution >= 0.6 is 0 Å². The van der Waals surface area contributed by atoms with Crippen LogP contribution in [0.15, 0.2) is 18.2 Å². The molecule has 0 bridgehead atoms. The summed E-state index contributed by atoms with van der Waals surface area (Å²) in [5, 5.41) is 2.86. The van der Waals surface area contributed by atoms with Crippen LogP contribution in [0, 0.1) is 5.92 Å². The van der Waals surface area contributed by atoms with E-state index in [9.17, 15) is 26.3 Å². The van der Waals surface area contributed by atoms with E-state index in [1.54, 1.807) is 7.05 Å². The Labute approximate surface area is 122 Å². The molecule has 1 saturated carbocycles. The number of halogens is 6. The highest BCUT2D eigenvalue weighted by atomic mass is 19.4. The molecule has 0 saturated heterocycles. The van der Waals surface area contributed by atoms with Crippen LogP contribution in [0.25, 0.3) is 0 Å². The molecule has 0 spiro atoms. The summed E-state index contributed by atoms with van der Waals surface area (Å²) in [5.41, 5.74) is 0.150. The fourth-order valence-electron chi connectivity index (χ4n) is 2.26. The Morgan fingerprint density at radius 1 is 1.05 bits per heavy atom. The summed E-state index contributed by atoms with van der Waals surface area (Å²) in [6.07, 6.45) is -8.33. The first kappa shape index (κ1) is 16.7. The molecule has 0 aromatic heterocycles. The van der Waals surface area contributed by atoms with E-state index < -0.39 is 30.3 Å². The quantitative estimate of drug-likeness (QED) is 0.823. The molecule has 1 atom stereocenters. The van der Waals surface area contributed by atoms with Crippen molar-refractivity contribution in [1.29, 1.82) is 0 Å². The second-order valence-corrected chi connectivity index (χ2v) is 4.90. The van der Waals surface area contributed by atoms with Crippen LogP contribution in [0.3, 0.4) is 0 Å². The van der Waals surface area contributed by atoms with Crippen molar-refractivity contribution >= 4 is 0 Å². The van der Waals surface area contributed by atoms with Gasteiger partial charge in [-0.2, -0.15) is 0 Å². The first-order valence-corrected chi connectivity index (χ1v) is 6.42. The number of hydrogen-bond acceptors (Lipinski definition) is 3. The van der Waals surface area contributed by atoms with Crippen molar-refractivity contribution in [1.82, 2.24) is 5.32 Å². The smallest absolute Gasteiger partial charge is 0.406 e. The van der Waals surface area contributed by atoms with E-state index in [1.807, 2.05) is 0 Å². The van der Waals surface area contributed by atoms with Crippen LogP contribution in [0.2, 0.25) is 0 Å². The lowest BCUT2D eigenvalue weighted by Crippen LogP contribution is -2.23. The normalized spacial score (nSPS) is 17.2. The zero-order valence-electron chi connectivity index (χ0n) is 11.4. The molecular formula is C13H13F6NO2. The summed E-state index contributed by atoms with van der Waals surface area (Å²) >= 11 is 0. The molecule has 22 heavy (non-hydrogen) atoms. The van der Waals surface area contributed by atoms with Gasteiger partial charge >= 0.3 is 12.7 Å². The van der Waals surface area contributed by atoms with Crippen molar-refractivity contribution in [3.63, 3.8) is 0 Å². The van der Waals surface area contributed by atoms with Gasteiger partial charge in [0.2, 0.25) is 0 Å². The van der Waals surface area contributed by atoms with Crippen molar-refractivity contribution in [2.24, 2.45) is 5.92 Å². The van der Waals surface area contributed by atoms with Crippen LogP contribution in [-0.2, 0) is 0 Å². The molecule has 9 heteroatoms. The molecule has 0 radical (unpaired) electrons. The topological polar surface area (TPSA) is 30.5 Å². The largest absolute Gasteiger partial charge is 0.573 e. The number of nitrogens with one attached hydrogen (secondary N) is 1. The fraction of sp³-hybridized carbons (Fsp3) is 0.538. The summed E-state index contributed by atoms with van der Waals surface area (Å²) in [6.45, 7) is 0. The van der Waals surface area contributed by atoms with Gasteiger partial charge in [0.25, 0.3) is 0 Å². The Kier molecular flexibility index (Phi) is 4.46. The maximum atomic E-state index is 12.5. The molecule has 1 aliphatic carbocycles. The zero-order chi connectivity index (χ0) is 16.5. The van der Waals surface area contributed by atoms with Gasteiger partial charge in [0, 0.05) is 17.7 Å². The van der Waals surface area contributed by atoms with Gasteiger partial charge in [-0.25, -0.2) is 0 Å². The van der Waals surface area contributed by atoms with Crippen LogP contribution in [0.5, 0.6) is 11.5 Å². The zero-order valence-corrected chi connectivity index (χ0v) is 11.4. The lowest BCUT2D eigenvalue weighted by Gasteiger charge is -2.21. The molecule has 0 aliphatic heterocycles. The molecular weight excluding hydrogens is 316 g/mol. The summed E-state index contributed by atoms with van der Waals surface area (Å²) in [5.74, 6) is -1.32. The van der Waals surface area contributed by atoms with E-state index in [1.165, 1.54) is 0 Å². The van der Waals surface area contributed by atoms with E-state index in [-0.39, 0.29) is 11.5 Å². The third-order valence-electron chi connectivity index (χ3n) is 3.18. The van der Waals surface area contributed by atoms with Gasteiger partial charge in [0.1, 0.15) is 11.5 Å². The number of ether oxygens (including phenoxy) is 2. The Morgan fingerprint density at radius 3 is 2.09 bits per heavy atom. The van der Waals surface area contributed by atoms with Crippen molar-refractivity contribution in [3.8, 4) is 11.5 Å². The molecule has 1 aromatic rings. The molecule has 1 fully saturated rings. The van der Waals surface area contributed by atoms with E-state index in [0.717, 1.165) is 25.0 Å². The Bertz CT molecular complexity index is 524. The Hall–Kier alpha value is -1.64. The van der Waals surface area contributed by atoms with Crippen molar-refractivity contribution in [2.75, 3.05) is 7.05 Å². The fourth-order valence-corrected chi connectivity index (χ4v) is 2.26. The second-order valence-electron chi connectivity index (χ2n) is 4.90. The maximum absolute atomic E-state index is 12.5. The minimum Gasteiger partial charge on any atom is -0.406 e. The summed E-state index contributed by atoms with van der Waals surface area (Å²) in [7, 11) is 1.57. The van der Waals surface area contributed by atoms with Gasteiger partial charge < -0.3 is 14.8 Å². The third-order valence-corrected chi connectivity index (χ3v) is 3.18. The summed E-state index contributed by atoms with van der Waals surface area (Å²) in [4.78, 5) is 0. The lowest BCUT2D eigenvalue weighted by molar-refractivity contribution is -0.276. The molecule has 1 N–H and O–H groups in total. The summed E-state index contributed by atoms with van der Waals surface area (Å²) < 4.78 is 81.4. The van der Waals surface area contributed by atoms with E-state index >= 15 is 0 Å². The predicted molar refractivity (Wildman–Crippen MR) is 64.3 cm³/mol. The molecule has 3 nitrogen and oxygen atoms in total. The molecule has 1 aromatic carbocycles. The van der Waals surface area contributed by atoms with Crippen LogP contribution < -0.4 is 14.8 Å². The molecule has 1 aliphatic rings. The Balaban J connectivity index is 2.35. The Morgan fingerprint density at radius 2 is 1.64 bits per heavy atom. The average molecular weight is 329 g/mol. The van der Waals surface area contributed by atoms with Crippen LogP contribution in [0.4, 0.5) is 26.3 Å². The number of benzene rings is 1. The van der Waals surface area contributed by atoms with E-state index in [4.69, 9.17) is 0 Å². The van der Waals surface area contributed by atoms with Gasteiger partial charge in [-0.3, -0.25) is 0 Å². The monoisotopic (exact) mass is 329 g/mol. The van der Waals surface area contributed by atoms with E-state index in [2.05, 4.69) is 14.8 Å². The molecule has 124 valence electrons. The number of alkyl halides is 6.